The Labute approximate surface area is 93.0 Å². The standard InChI is InChI=1S/C4H10O2.2CH4N4/c1-2-3-4(5)6;2*2-4-1-5-3/h4-6H,2-3H2,1H3;2*1-2H,3H2. The van der Waals surface area contributed by atoms with Crippen LogP contribution in [0.1, 0.15) is 19.8 Å². The van der Waals surface area contributed by atoms with Crippen molar-refractivity contribution in [2.45, 2.75) is 26.1 Å². The molecule has 0 aliphatic carbocycles. The van der Waals surface area contributed by atoms with Crippen LogP contribution < -0.4 is 11.7 Å². The van der Waals surface area contributed by atoms with E-state index in [1.807, 2.05) is 6.92 Å². The molecule has 0 aromatic rings. The molecule has 0 bridgehead atoms. The minimum absolute atomic E-state index is 0.486. The van der Waals surface area contributed by atoms with Crippen LogP contribution in [0.3, 0.4) is 0 Å². The highest BCUT2D eigenvalue weighted by Crippen LogP contribution is 1.88. The van der Waals surface area contributed by atoms with E-state index in [4.69, 9.17) is 21.3 Å². The summed E-state index contributed by atoms with van der Waals surface area (Å²) in [5.74, 6) is 8.99. The lowest BCUT2D eigenvalue weighted by molar-refractivity contribution is -0.0453. The fourth-order valence-electron chi connectivity index (χ4n) is 0.325. The maximum Gasteiger partial charge on any atom is 0.156 e. The van der Waals surface area contributed by atoms with Gasteiger partial charge in [-0.05, 0) is 6.42 Å². The third kappa shape index (κ3) is 57.6. The first-order valence-corrected chi connectivity index (χ1v) is 4.13. The molecule has 0 atom stereocenters. The van der Waals surface area contributed by atoms with Crippen LogP contribution in [0.5, 0.6) is 0 Å². The number of hydrogen-bond acceptors (Lipinski definition) is 8. The van der Waals surface area contributed by atoms with E-state index in [0.717, 1.165) is 19.1 Å². The second-order valence-electron chi connectivity index (χ2n) is 2.06. The first-order chi connectivity index (χ1) is 7.60. The van der Waals surface area contributed by atoms with Crippen molar-refractivity contribution in [2.75, 3.05) is 0 Å². The molecule has 0 aliphatic rings. The van der Waals surface area contributed by atoms with E-state index in [1.165, 1.54) is 0 Å². The van der Waals surface area contributed by atoms with Gasteiger partial charge >= 0.3 is 0 Å². The number of hydrazone groups is 2. The highest BCUT2D eigenvalue weighted by atomic mass is 16.5. The normalized spacial score (nSPS) is 9.25. The van der Waals surface area contributed by atoms with Crippen molar-refractivity contribution < 1.29 is 10.2 Å². The average Bonchev–Trinajstić information content (AvgIpc) is 2.21. The summed E-state index contributed by atoms with van der Waals surface area (Å²) in [6.07, 6.45) is 2.10. The summed E-state index contributed by atoms with van der Waals surface area (Å²) in [5, 5.41) is 27.3. The van der Waals surface area contributed by atoms with Crippen LogP contribution in [0.25, 0.3) is 0 Å². The van der Waals surface area contributed by atoms with Gasteiger partial charge in [0.25, 0.3) is 0 Å². The third-order valence-electron chi connectivity index (χ3n) is 0.796. The van der Waals surface area contributed by atoms with Gasteiger partial charge in [0, 0.05) is 0 Å². The molecule has 0 rings (SSSR count). The van der Waals surface area contributed by atoms with Crippen molar-refractivity contribution in [3.63, 3.8) is 0 Å². The van der Waals surface area contributed by atoms with Crippen molar-refractivity contribution in [1.29, 1.82) is 11.1 Å². The zero-order valence-electron chi connectivity index (χ0n) is 8.98. The van der Waals surface area contributed by atoms with Gasteiger partial charge in [-0.25, -0.2) is 11.1 Å². The molecule has 0 unspecified atom stereocenters. The van der Waals surface area contributed by atoms with Crippen molar-refractivity contribution in [1.82, 2.24) is 0 Å². The predicted octanol–water partition coefficient (Wildman–Crippen LogP) is -0.0641. The maximum atomic E-state index is 8.11. The van der Waals surface area contributed by atoms with Crippen molar-refractivity contribution in [2.24, 2.45) is 32.1 Å². The molecule has 0 aromatic carbocycles. The van der Waals surface area contributed by atoms with Crippen molar-refractivity contribution in [3.05, 3.63) is 0 Å². The molecule has 0 aliphatic heterocycles. The Morgan fingerprint density at radius 2 is 1.50 bits per heavy atom. The number of rotatable bonds is 4. The smallest absolute Gasteiger partial charge is 0.156 e. The zero-order valence-corrected chi connectivity index (χ0v) is 8.98. The lowest BCUT2D eigenvalue weighted by atomic mass is 10.3. The molecule has 0 heterocycles. The Morgan fingerprint density at radius 1 is 1.12 bits per heavy atom. The van der Waals surface area contributed by atoms with Gasteiger partial charge in [-0.1, -0.05) is 13.3 Å². The minimum Gasteiger partial charge on any atom is -0.368 e. The van der Waals surface area contributed by atoms with Gasteiger partial charge in [0.05, 0.1) is 0 Å². The van der Waals surface area contributed by atoms with Crippen LogP contribution in [-0.4, -0.2) is 29.2 Å². The quantitative estimate of drug-likeness (QED) is 0.0991. The van der Waals surface area contributed by atoms with Crippen LogP contribution in [0.15, 0.2) is 20.4 Å². The van der Waals surface area contributed by atoms with E-state index in [2.05, 4.69) is 32.1 Å². The molecule has 0 spiro atoms. The molecule has 0 radical (unpaired) electrons. The third-order valence-corrected chi connectivity index (χ3v) is 0.796. The van der Waals surface area contributed by atoms with Crippen molar-refractivity contribution in [3.8, 4) is 0 Å². The summed E-state index contributed by atoms with van der Waals surface area (Å²) < 4.78 is 0. The molecule has 8 N–H and O–H groups in total. The van der Waals surface area contributed by atoms with E-state index < -0.39 is 6.29 Å². The molecule has 0 fully saturated rings. The SMILES string of the molecule is CCCC(O)O.N=NC=NN.N=NC=NN. The predicted molar refractivity (Wildman–Crippen MR) is 58.8 cm³/mol. The van der Waals surface area contributed by atoms with Gasteiger partial charge < -0.3 is 21.9 Å². The number of nitrogens with zero attached hydrogens (tertiary/aromatic N) is 4. The van der Waals surface area contributed by atoms with Gasteiger partial charge in [-0.15, -0.1) is 10.2 Å². The average molecular weight is 234 g/mol. The number of aliphatic hydroxyl groups is 2. The van der Waals surface area contributed by atoms with Gasteiger partial charge in [0.15, 0.2) is 19.0 Å². The molecular formula is C6H18N8O2. The summed E-state index contributed by atoms with van der Waals surface area (Å²) in [5.41, 5.74) is 12.0. The summed E-state index contributed by atoms with van der Waals surface area (Å²) in [6, 6.07) is 0. The van der Waals surface area contributed by atoms with Crippen LogP contribution >= 0.6 is 0 Å². The van der Waals surface area contributed by atoms with Gasteiger partial charge in [0.2, 0.25) is 0 Å². The summed E-state index contributed by atoms with van der Waals surface area (Å²) in [4.78, 5) is 0. The molecule has 0 saturated carbocycles. The lowest BCUT2D eigenvalue weighted by Gasteiger charge is -1.94. The van der Waals surface area contributed by atoms with Crippen LogP contribution in [-0.2, 0) is 0 Å². The molecule has 0 amide bonds. The number of nitrogens with two attached hydrogens (primary N) is 2. The Morgan fingerprint density at radius 3 is 1.50 bits per heavy atom. The second-order valence-corrected chi connectivity index (χ2v) is 2.06. The highest BCUT2D eigenvalue weighted by molar-refractivity contribution is 5.53. The van der Waals surface area contributed by atoms with E-state index in [0.29, 0.717) is 6.42 Å². The highest BCUT2D eigenvalue weighted by Gasteiger charge is 1.89. The lowest BCUT2D eigenvalue weighted by Crippen LogP contribution is -2.01. The van der Waals surface area contributed by atoms with Crippen LogP contribution in [0.4, 0.5) is 0 Å². The largest absolute Gasteiger partial charge is 0.368 e. The molecule has 0 aromatic heterocycles. The first kappa shape index (κ1) is 19.6. The Bertz CT molecular complexity index is 177. The fraction of sp³-hybridized carbons (Fsp3) is 0.667. The molecule has 10 nitrogen and oxygen atoms in total. The number of hydrogen-bond donors (Lipinski definition) is 6. The number of nitrogens with one attached hydrogen (secondary N) is 2. The summed E-state index contributed by atoms with van der Waals surface area (Å²) in [6.45, 7) is 1.90. The Hall–Kier alpha value is -1.94. The van der Waals surface area contributed by atoms with Gasteiger partial charge in [-0.3, -0.25) is 0 Å². The number of aliphatic hydroxyl groups excluding tert-OH is 1. The van der Waals surface area contributed by atoms with Crippen molar-refractivity contribution >= 4 is 12.7 Å². The van der Waals surface area contributed by atoms with E-state index in [9.17, 15) is 0 Å². The molecule has 0 saturated heterocycles. The summed E-state index contributed by atoms with van der Waals surface area (Å²) >= 11 is 0. The summed E-state index contributed by atoms with van der Waals surface area (Å²) in [7, 11) is 0. The van der Waals surface area contributed by atoms with E-state index in [1.54, 1.807) is 0 Å². The monoisotopic (exact) mass is 234 g/mol. The topological polar surface area (TPSA) is 190 Å². The second kappa shape index (κ2) is 23.1. The van der Waals surface area contributed by atoms with Gasteiger partial charge in [0.1, 0.15) is 0 Å². The van der Waals surface area contributed by atoms with E-state index in [-0.39, 0.29) is 0 Å². The zero-order chi connectivity index (χ0) is 13.2. The maximum absolute atomic E-state index is 8.11. The molecule has 10 heteroatoms. The molecule has 94 valence electrons. The van der Waals surface area contributed by atoms with Crippen LogP contribution in [0, 0.1) is 11.1 Å². The molecular weight excluding hydrogens is 216 g/mol. The minimum atomic E-state index is -1.10. The molecule has 16 heavy (non-hydrogen) atoms. The van der Waals surface area contributed by atoms with Gasteiger partial charge in [-0.2, -0.15) is 10.2 Å². The fourth-order valence-corrected chi connectivity index (χ4v) is 0.325. The van der Waals surface area contributed by atoms with E-state index >= 15 is 0 Å². The van der Waals surface area contributed by atoms with Crippen LogP contribution in [0.2, 0.25) is 0 Å². The Balaban J connectivity index is -0.000000160. The first-order valence-electron chi connectivity index (χ1n) is 4.13. The Kier molecular flexibility index (Phi) is 28.4.